The van der Waals surface area contributed by atoms with E-state index in [0.29, 0.717) is 5.88 Å². The van der Waals surface area contributed by atoms with Crippen LogP contribution in [0.4, 0.5) is 5.69 Å². The number of rotatable bonds is 4. The van der Waals surface area contributed by atoms with Crippen LogP contribution in [0.1, 0.15) is 38.7 Å². The average molecular weight is 280 g/mol. The lowest BCUT2D eigenvalue weighted by Crippen LogP contribution is -2.30. The number of aryl methyl sites for hydroxylation is 1. The maximum Gasteiger partial charge on any atom is 0.228 e. The van der Waals surface area contributed by atoms with Crippen LogP contribution in [0.3, 0.4) is 0 Å². The zero-order chi connectivity index (χ0) is 13.9. The minimum atomic E-state index is 0.128. The van der Waals surface area contributed by atoms with E-state index in [-0.39, 0.29) is 17.2 Å². The van der Waals surface area contributed by atoms with Crippen LogP contribution in [0.5, 0.6) is 0 Å². The lowest BCUT2D eigenvalue weighted by Gasteiger charge is -2.25. The molecule has 104 valence electrons. The SMILES string of the molecule is CC1(C)CCCC1C(=O)Nc1ccc(CCCl)cc1. The summed E-state index contributed by atoms with van der Waals surface area (Å²) in [6, 6.07) is 7.97. The van der Waals surface area contributed by atoms with Crippen molar-refractivity contribution in [3.8, 4) is 0 Å². The quantitative estimate of drug-likeness (QED) is 0.821. The van der Waals surface area contributed by atoms with Gasteiger partial charge >= 0.3 is 0 Å². The highest BCUT2D eigenvalue weighted by atomic mass is 35.5. The predicted octanol–water partition coefficient (Wildman–Crippen LogP) is 4.23. The molecule has 3 heteroatoms. The van der Waals surface area contributed by atoms with Crippen molar-refractivity contribution in [2.45, 2.75) is 39.5 Å². The summed E-state index contributed by atoms with van der Waals surface area (Å²) < 4.78 is 0. The molecule has 0 heterocycles. The van der Waals surface area contributed by atoms with E-state index in [1.54, 1.807) is 0 Å². The summed E-state index contributed by atoms with van der Waals surface area (Å²) in [5, 5.41) is 3.04. The number of amides is 1. The molecular weight excluding hydrogens is 258 g/mol. The van der Waals surface area contributed by atoms with Crippen molar-refractivity contribution < 1.29 is 4.79 Å². The number of hydrogen-bond donors (Lipinski definition) is 1. The van der Waals surface area contributed by atoms with Gasteiger partial charge in [0.1, 0.15) is 0 Å². The summed E-state index contributed by atoms with van der Waals surface area (Å²) in [5.41, 5.74) is 2.21. The monoisotopic (exact) mass is 279 g/mol. The molecule has 2 nitrogen and oxygen atoms in total. The maximum atomic E-state index is 12.3. The number of halogens is 1. The zero-order valence-electron chi connectivity index (χ0n) is 11.7. The highest BCUT2D eigenvalue weighted by Crippen LogP contribution is 2.43. The van der Waals surface area contributed by atoms with Gasteiger partial charge in [-0.2, -0.15) is 0 Å². The van der Waals surface area contributed by atoms with Crippen LogP contribution >= 0.6 is 11.6 Å². The minimum absolute atomic E-state index is 0.128. The second-order valence-electron chi connectivity index (χ2n) is 6.06. The van der Waals surface area contributed by atoms with Gasteiger partial charge in [-0.05, 0) is 42.4 Å². The molecule has 0 aliphatic heterocycles. The molecule has 0 radical (unpaired) electrons. The highest BCUT2D eigenvalue weighted by molar-refractivity contribution is 6.18. The van der Waals surface area contributed by atoms with Crippen LogP contribution in [0, 0.1) is 11.3 Å². The van der Waals surface area contributed by atoms with Crippen molar-refractivity contribution in [1.82, 2.24) is 0 Å². The van der Waals surface area contributed by atoms with Crippen LogP contribution in [0.2, 0.25) is 0 Å². The summed E-state index contributed by atoms with van der Waals surface area (Å²) in [7, 11) is 0. The Balaban J connectivity index is 1.99. The first-order valence-electron chi connectivity index (χ1n) is 6.99. The summed E-state index contributed by atoms with van der Waals surface area (Å²) in [4.78, 5) is 12.3. The number of carbonyl (C=O) groups is 1. The smallest absolute Gasteiger partial charge is 0.228 e. The Morgan fingerprint density at radius 1 is 1.37 bits per heavy atom. The lowest BCUT2D eigenvalue weighted by molar-refractivity contribution is -0.122. The Kier molecular flexibility index (Phi) is 4.51. The van der Waals surface area contributed by atoms with Crippen molar-refractivity contribution in [3.05, 3.63) is 29.8 Å². The van der Waals surface area contributed by atoms with Gasteiger partial charge in [0.2, 0.25) is 5.91 Å². The van der Waals surface area contributed by atoms with Crippen molar-refractivity contribution in [2.75, 3.05) is 11.2 Å². The Bertz CT molecular complexity index is 439. The fourth-order valence-electron chi connectivity index (χ4n) is 2.91. The van der Waals surface area contributed by atoms with Gasteiger partial charge in [0, 0.05) is 17.5 Å². The van der Waals surface area contributed by atoms with E-state index >= 15 is 0 Å². The van der Waals surface area contributed by atoms with Gasteiger partial charge in [-0.1, -0.05) is 32.4 Å². The summed E-state index contributed by atoms with van der Waals surface area (Å²) in [6.07, 6.45) is 4.16. The number of carbonyl (C=O) groups excluding carboxylic acids is 1. The summed E-state index contributed by atoms with van der Waals surface area (Å²) in [6.45, 7) is 4.38. The third kappa shape index (κ3) is 3.50. The van der Waals surface area contributed by atoms with Crippen molar-refractivity contribution in [3.63, 3.8) is 0 Å². The molecule has 0 aromatic heterocycles. The van der Waals surface area contributed by atoms with Crippen molar-refractivity contribution in [2.24, 2.45) is 11.3 Å². The Morgan fingerprint density at radius 2 is 2.05 bits per heavy atom. The number of hydrogen-bond acceptors (Lipinski definition) is 1. The maximum absolute atomic E-state index is 12.3. The first-order chi connectivity index (χ1) is 9.03. The minimum Gasteiger partial charge on any atom is -0.326 e. The fourth-order valence-corrected chi connectivity index (χ4v) is 3.12. The topological polar surface area (TPSA) is 29.1 Å². The predicted molar refractivity (Wildman–Crippen MR) is 80.6 cm³/mol. The van der Waals surface area contributed by atoms with Crippen molar-refractivity contribution in [1.29, 1.82) is 0 Å². The van der Waals surface area contributed by atoms with E-state index in [9.17, 15) is 4.79 Å². The van der Waals surface area contributed by atoms with Gasteiger partial charge in [-0.25, -0.2) is 0 Å². The number of benzene rings is 1. The second-order valence-corrected chi connectivity index (χ2v) is 6.44. The molecule has 0 spiro atoms. The largest absolute Gasteiger partial charge is 0.326 e. The van der Waals surface area contributed by atoms with Crippen LogP contribution in [-0.2, 0) is 11.2 Å². The third-order valence-electron chi connectivity index (χ3n) is 4.18. The normalized spacial score (nSPS) is 21.3. The standard InChI is InChI=1S/C16H22ClNO/c1-16(2)10-3-4-14(16)15(19)18-13-7-5-12(6-8-13)9-11-17/h5-8,14H,3-4,9-11H2,1-2H3,(H,18,19). The number of anilines is 1. The van der Waals surface area contributed by atoms with Gasteiger partial charge in [0.25, 0.3) is 0 Å². The average Bonchev–Trinajstić information content (AvgIpc) is 2.72. The van der Waals surface area contributed by atoms with E-state index in [1.165, 1.54) is 5.56 Å². The van der Waals surface area contributed by atoms with E-state index < -0.39 is 0 Å². The van der Waals surface area contributed by atoms with Gasteiger partial charge in [0.15, 0.2) is 0 Å². The third-order valence-corrected chi connectivity index (χ3v) is 4.37. The Morgan fingerprint density at radius 3 is 2.58 bits per heavy atom. The first-order valence-corrected chi connectivity index (χ1v) is 7.52. The molecule has 1 aromatic carbocycles. The molecule has 1 aliphatic rings. The molecule has 1 atom stereocenters. The highest BCUT2D eigenvalue weighted by Gasteiger charge is 2.39. The van der Waals surface area contributed by atoms with Gasteiger partial charge in [-0.15, -0.1) is 11.6 Å². The van der Waals surface area contributed by atoms with Gasteiger partial charge < -0.3 is 5.32 Å². The molecule has 1 amide bonds. The molecular formula is C16H22ClNO. The molecule has 1 unspecified atom stereocenters. The number of alkyl halides is 1. The molecule has 0 bridgehead atoms. The molecule has 1 fully saturated rings. The van der Waals surface area contributed by atoms with Gasteiger partial charge in [-0.3, -0.25) is 4.79 Å². The molecule has 0 saturated heterocycles. The molecule has 2 rings (SSSR count). The molecule has 1 saturated carbocycles. The molecule has 1 N–H and O–H groups in total. The van der Waals surface area contributed by atoms with E-state index in [4.69, 9.17) is 11.6 Å². The van der Waals surface area contributed by atoms with Crippen LogP contribution in [-0.4, -0.2) is 11.8 Å². The second kappa shape index (κ2) is 5.96. The van der Waals surface area contributed by atoms with Crippen LogP contribution < -0.4 is 5.32 Å². The van der Waals surface area contributed by atoms with E-state index in [1.807, 2.05) is 24.3 Å². The van der Waals surface area contributed by atoms with Gasteiger partial charge in [0.05, 0.1) is 0 Å². The Hall–Kier alpha value is -1.02. The molecule has 1 aliphatic carbocycles. The summed E-state index contributed by atoms with van der Waals surface area (Å²) in [5.74, 6) is 0.921. The van der Waals surface area contributed by atoms with Crippen LogP contribution in [0.15, 0.2) is 24.3 Å². The fraction of sp³-hybridized carbons (Fsp3) is 0.562. The summed E-state index contributed by atoms with van der Waals surface area (Å²) >= 11 is 5.71. The van der Waals surface area contributed by atoms with E-state index in [2.05, 4.69) is 19.2 Å². The Labute approximate surface area is 120 Å². The first kappa shape index (κ1) is 14.4. The number of nitrogens with one attached hydrogen (secondary N) is 1. The zero-order valence-corrected chi connectivity index (χ0v) is 12.5. The lowest BCUT2D eigenvalue weighted by atomic mass is 9.81. The molecule has 1 aromatic rings. The van der Waals surface area contributed by atoms with E-state index in [0.717, 1.165) is 31.4 Å². The van der Waals surface area contributed by atoms with Crippen LogP contribution in [0.25, 0.3) is 0 Å². The molecule has 19 heavy (non-hydrogen) atoms. The van der Waals surface area contributed by atoms with Crippen molar-refractivity contribution >= 4 is 23.2 Å².